The van der Waals surface area contributed by atoms with Gasteiger partial charge in [0.25, 0.3) is 0 Å². The van der Waals surface area contributed by atoms with Crippen LogP contribution in [-0.2, 0) is 25.6 Å². The molecule has 0 saturated carbocycles. The third-order valence-electron chi connectivity index (χ3n) is 4.03. The number of hydrogen-bond donors (Lipinski definition) is 0. The lowest BCUT2D eigenvalue weighted by molar-refractivity contribution is -0.147. The van der Waals surface area contributed by atoms with Crippen molar-refractivity contribution in [2.45, 2.75) is 38.6 Å². The van der Waals surface area contributed by atoms with Gasteiger partial charge >= 0.3 is 0 Å². The Morgan fingerprint density at radius 1 is 1.08 bits per heavy atom. The molecular weight excluding hydrogens is 320 g/mol. The van der Waals surface area contributed by atoms with Crippen LogP contribution in [0.3, 0.4) is 0 Å². The van der Waals surface area contributed by atoms with E-state index in [0.29, 0.717) is 19.1 Å². The molecule has 1 rings (SSSR count). The number of ether oxygens (including phenoxy) is 5. The molecule has 0 heterocycles. The first-order chi connectivity index (χ1) is 12.1. The molecule has 142 valence electrons. The molecule has 1 aromatic rings. The summed E-state index contributed by atoms with van der Waals surface area (Å²) in [4.78, 5) is 0. The predicted molar refractivity (Wildman–Crippen MR) is 98.8 cm³/mol. The molecule has 0 aliphatic rings. The SMILES string of the molecule is C=CC[C@@H](C)C[C@@H](OC)[C@@H](COCc1ccc(OC)cc1)OCOC. The largest absolute Gasteiger partial charge is 0.497 e. The third kappa shape index (κ3) is 8.50. The molecule has 0 N–H and O–H groups in total. The van der Waals surface area contributed by atoms with Gasteiger partial charge in [-0.1, -0.05) is 25.1 Å². The maximum atomic E-state index is 5.86. The molecule has 0 unspecified atom stereocenters. The fourth-order valence-corrected chi connectivity index (χ4v) is 2.61. The smallest absolute Gasteiger partial charge is 0.146 e. The van der Waals surface area contributed by atoms with Crippen LogP contribution in [0.4, 0.5) is 0 Å². The van der Waals surface area contributed by atoms with Crippen LogP contribution < -0.4 is 4.74 Å². The fourth-order valence-electron chi connectivity index (χ4n) is 2.61. The number of allylic oxidation sites excluding steroid dienone is 1. The van der Waals surface area contributed by atoms with Gasteiger partial charge in [-0.25, -0.2) is 0 Å². The van der Waals surface area contributed by atoms with Crippen molar-refractivity contribution in [3.63, 3.8) is 0 Å². The Morgan fingerprint density at radius 3 is 2.36 bits per heavy atom. The Morgan fingerprint density at radius 2 is 1.80 bits per heavy atom. The Labute approximate surface area is 151 Å². The highest BCUT2D eigenvalue weighted by Gasteiger charge is 2.24. The van der Waals surface area contributed by atoms with Crippen molar-refractivity contribution in [2.24, 2.45) is 5.92 Å². The summed E-state index contributed by atoms with van der Waals surface area (Å²) in [6, 6.07) is 7.83. The standard InChI is InChI=1S/C20H32O5/c1-6-7-16(2)12-19(23-5)20(25-15-21-3)14-24-13-17-8-10-18(22-4)11-9-17/h6,8-11,16,19-20H,1,7,12-15H2,2-5H3/t16-,19-,20-/m1/s1. The summed E-state index contributed by atoms with van der Waals surface area (Å²) in [6.07, 6.45) is 3.52. The zero-order valence-corrected chi connectivity index (χ0v) is 15.9. The number of benzene rings is 1. The van der Waals surface area contributed by atoms with E-state index in [-0.39, 0.29) is 19.0 Å². The van der Waals surface area contributed by atoms with Gasteiger partial charge in [0.05, 0.1) is 26.4 Å². The second-order valence-electron chi connectivity index (χ2n) is 6.11. The first-order valence-electron chi connectivity index (χ1n) is 8.59. The summed E-state index contributed by atoms with van der Waals surface area (Å²) in [5.74, 6) is 1.30. The molecule has 0 amide bonds. The highest BCUT2D eigenvalue weighted by atomic mass is 16.7. The van der Waals surface area contributed by atoms with Gasteiger partial charge in [-0.05, 0) is 36.5 Å². The van der Waals surface area contributed by atoms with E-state index in [1.165, 1.54) is 0 Å². The molecule has 0 aromatic heterocycles. The van der Waals surface area contributed by atoms with Crippen LogP contribution >= 0.6 is 0 Å². The highest BCUT2D eigenvalue weighted by Crippen LogP contribution is 2.19. The minimum atomic E-state index is -0.185. The molecule has 0 spiro atoms. The van der Waals surface area contributed by atoms with Crippen LogP contribution in [0.25, 0.3) is 0 Å². The molecule has 5 heteroatoms. The first kappa shape index (κ1) is 21.6. The quantitative estimate of drug-likeness (QED) is 0.376. The highest BCUT2D eigenvalue weighted by molar-refractivity contribution is 5.26. The molecule has 0 bridgehead atoms. The minimum Gasteiger partial charge on any atom is -0.497 e. The summed E-state index contributed by atoms with van der Waals surface area (Å²) in [5, 5.41) is 0. The van der Waals surface area contributed by atoms with E-state index >= 15 is 0 Å². The van der Waals surface area contributed by atoms with Crippen LogP contribution in [-0.4, -0.2) is 46.9 Å². The van der Waals surface area contributed by atoms with E-state index in [2.05, 4.69) is 13.5 Å². The van der Waals surface area contributed by atoms with E-state index in [0.717, 1.165) is 24.2 Å². The van der Waals surface area contributed by atoms with E-state index in [1.807, 2.05) is 30.3 Å². The number of methoxy groups -OCH3 is 3. The maximum absolute atomic E-state index is 5.86. The van der Waals surface area contributed by atoms with Crippen molar-refractivity contribution in [1.29, 1.82) is 0 Å². The predicted octanol–water partition coefficient (Wildman–Crippen LogP) is 3.82. The molecule has 0 aliphatic carbocycles. The van der Waals surface area contributed by atoms with Crippen molar-refractivity contribution < 1.29 is 23.7 Å². The molecule has 5 nitrogen and oxygen atoms in total. The molecular formula is C20H32O5. The average Bonchev–Trinajstić information content (AvgIpc) is 2.63. The maximum Gasteiger partial charge on any atom is 0.146 e. The van der Waals surface area contributed by atoms with E-state index in [9.17, 15) is 0 Å². The number of rotatable bonds is 14. The minimum absolute atomic E-state index is 0.0547. The van der Waals surface area contributed by atoms with Gasteiger partial charge < -0.3 is 23.7 Å². The zero-order valence-electron chi connectivity index (χ0n) is 15.9. The summed E-state index contributed by atoms with van der Waals surface area (Å²) in [7, 11) is 4.97. The van der Waals surface area contributed by atoms with Gasteiger partial charge in [0, 0.05) is 14.2 Å². The van der Waals surface area contributed by atoms with Gasteiger partial charge in [-0.2, -0.15) is 0 Å². The van der Waals surface area contributed by atoms with Gasteiger partial charge in [0.2, 0.25) is 0 Å². The average molecular weight is 352 g/mol. The second-order valence-corrected chi connectivity index (χ2v) is 6.11. The van der Waals surface area contributed by atoms with Gasteiger partial charge in [0.15, 0.2) is 0 Å². The van der Waals surface area contributed by atoms with Crippen molar-refractivity contribution in [1.82, 2.24) is 0 Å². The van der Waals surface area contributed by atoms with Crippen molar-refractivity contribution in [3.8, 4) is 5.75 Å². The van der Waals surface area contributed by atoms with Gasteiger partial charge in [0.1, 0.15) is 18.6 Å². The lowest BCUT2D eigenvalue weighted by Gasteiger charge is -2.28. The Kier molecular flexibility index (Phi) is 11.2. The molecule has 0 saturated heterocycles. The van der Waals surface area contributed by atoms with Crippen LogP contribution in [0.15, 0.2) is 36.9 Å². The Balaban J connectivity index is 2.55. The van der Waals surface area contributed by atoms with E-state index < -0.39 is 0 Å². The van der Waals surface area contributed by atoms with Crippen LogP contribution in [0.5, 0.6) is 5.75 Å². The summed E-state index contributed by atoms with van der Waals surface area (Å²) < 4.78 is 27.5. The fraction of sp³-hybridized carbons (Fsp3) is 0.600. The first-order valence-corrected chi connectivity index (χ1v) is 8.59. The van der Waals surface area contributed by atoms with Crippen molar-refractivity contribution >= 4 is 0 Å². The molecule has 0 fully saturated rings. The normalized spacial score (nSPS) is 14.7. The monoisotopic (exact) mass is 352 g/mol. The molecule has 0 radical (unpaired) electrons. The van der Waals surface area contributed by atoms with E-state index in [4.69, 9.17) is 23.7 Å². The lowest BCUT2D eigenvalue weighted by Crippen LogP contribution is -2.36. The summed E-state index contributed by atoms with van der Waals surface area (Å²) >= 11 is 0. The molecule has 1 aromatic carbocycles. The molecule has 25 heavy (non-hydrogen) atoms. The zero-order chi connectivity index (χ0) is 18.5. The van der Waals surface area contributed by atoms with Crippen molar-refractivity contribution in [2.75, 3.05) is 34.7 Å². The van der Waals surface area contributed by atoms with Crippen LogP contribution in [0, 0.1) is 5.92 Å². The van der Waals surface area contributed by atoms with Gasteiger partial charge in [-0.3, -0.25) is 0 Å². The topological polar surface area (TPSA) is 46.2 Å². The Bertz CT molecular complexity index is 460. The van der Waals surface area contributed by atoms with Crippen LogP contribution in [0.2, 0.25) is 0 Å². The second kappa shape index (κ2) is 12.9. The number of hydrogen-bond acceptors (Lipinski definition) is 5. The van der Waals surface area contributed by atoms with Crippen LogP contribution in [0.1, 0.15) is 25.3 Å². The third-order valence-corrected chi connectivity index (χ3v) is 4.03. The molecule has 3 atom stereocenters. The summed E-state index contributed by atoms with van der Waals surface area (Å²) in [5.41, 5.74) is 1.08. The van der Waals surface area contributed by atoms with E-state index in [1.54, 1.807) is 21.3 Å². The summed E-state index contributed by atoms with van der Waals surface area (Å²) in [6.45, 7) is 7.14. The van der Waals surface area contributed by atoms with Crippen molar-refractivity contribution in [3.05, 3.63) is 42.5 Å². The van der Waals surface area contributed by atoms with Gasteiger partial charge in [-0.15, -0.1) is 6.58 Å². The molecule has 0 aliphatic heterocycles. The lowest BCUT2D eigenvalue weighted by atomic mass is 9.97. The Hall–Kier alpha value is -1.40.